The monoisotopic (exact) mass is 523 g/mol. The molecule has 0 saturated carbocycles. The van der Waals surface area contributed by atoms with Crippen LogP contribution in [0.3, 0.4) is 0 Å². The number of carbonyl (C=O) groups is 2. The number of rotatable bonds is 5. The summed E-state index contributed by atoms with van der Waals surface area (Å²) in [5.41, 5.74) is 5.23. The Bertz CT molecular complexity index is 1800. The van der Waals surface area contributed by atoms with Crippen LogP contribution < -0.4 is 14.6 Å². The van der Waals surface area contributed by atoms with Gasteiger partial charge in [-0.2, -0.15) is 5.10 Å². The first-order valence-corrected chi connectivity index (χ1v) is 13.2. The molecule has 40 heavy (non-hydrogen) atoms. The lowest BCUT2D eigenvalue weighted by molar-refractivity contribution is 0.0926. The molecule has 5 aromatic carbocycles. The number of hydrogen-bond acceptors (Lipinski definition) is 5. The zero-order valence-electron chi connectivity index (χ0n) is 21.8. The molecule has 6 nitrogen and oxygen atoms in total. The van der Waals surface area contributed by atoms with Gasteiger partial charge >= 0.3 is 0 Å². The highest BCUT2D eigenvalue weighted by atomic mass is 16.5. The number of amides is 2. The largest absolute Gasteiger partial charge is 0.497 e. The number of para-hydroxylation sites is 1. The Balaban J connectivity index is 1.37. The molecule has 7 rings (SSSR count). The Kier molecular flexibility index (Phi) is 5.67. The summed E-state index contributed by atoms with van der Waals surface area (Å²) in [4.78, 5) is 28.7. The molecule has 0 saturated heterocycles. The molecule has 0 radical (unpaired) electrons. The molecule has 5 aromatic rings. The van der Waals surface area contributed by atoms with Gasteiger partial charge in [0.25, 0.3) is 11.8 Å². The van der Waals surface area contributed by atoms with E-state index >= 15 is 0 Å². The van der Waals surface area contributed by atoms with Crippen LogP contribution >= 0.6 is 0 Å². The molecule has 0 bridgehead atoms. The number of imide groups is 1. The van der Waals surface area contributed by atoms with Crippen LogP contribution in [0.25, 0.3) is 10.8 Å². The normalized spacial score (nSPS) is 16.4. The number of methoxy groups -OCH3 is 1. The van der Waals surface area contributed by atoms with Crippen LogP contribution in [0, 0.1) is 0 Å². The average molecular weight is 524 g/mol. The second-order valence-corrected chi connectivity index (χ2v) is 9.89. The van der Waals surface area contributed by atoms with Gasteiger partial charge in [-0.3, -0.25) is 14.6 Å². The number of fused-ring (bicyclic) bond motifs is 3. The van der Waals surface area contributed by atoms with E-state index in [0.717, 1.165) is 33.3 Å². The predicted molar refractivity (Wildman–Crippen MR) is 157 cm³/mol. The second-order valence-electron chi connectivity index (χ2n) is 9.89. The van der Waals surface area contributed by atoms with Crippen LogP contribution in [0.5, 0.6) is 5.75 Å². The fraction of sp³-hybridized carbons (Fsp3) is 0.0882. The lowest BCUT2D eigenvalue weighted by Crippen LogP contribution is -2.29. The molecule has 0 fully saturated rings. The van der Waals surface area contributed by atoms with Crippen molar-refractivity contribution in [3.05, 3.63) is 138 Å². The summed E-state index contributed by atoms with van der Waals surface area (Å²) in [5.74, 6) is -0.00655. The van der Waals surface area contributed by atoms with Crippen molar-refractivity contribution >= 4 is 39.7 Å². The minimum atomic E-state index is -0.338. The zero-order chi connectivity index (χ0) is 27.2. The molecule has 2 amide bonds. The SMILES string of the molecule is COc1ccc(N2C(=O)c3cc(C4=NN(c5ccccc5)C(c5ccccc5)C4)c4ccccc4c3C2=O)cc1. The molecular formula is C34H25N3O3. The van der Waals surface area contributed by atoms with Crippen LogP contribution in [-0.4, -0.2) is 24.6 Å². The van der Waals surface area contributed by atoms with Gasteiger partial charge in [0.2, 0.25) is 0 Å². The Morgan fingerprint density at radius 3 is 2.05 bits per heavy atom. The third-order valence-electron chi connectivity index (χ3n) is 7.65. The highest BCUT2D eigenvalue weighted by molar-refractivity contribution is 6.38. The van der Waals surface area contributed by atoms with Crippen LogP contribution in [-0.2, 0) is 0 Å². The van der Waals surface area contributed by atoms with Crippen molar-refractivity contribution in [1.29, 1.82) is 0 Å². The summed E-state index contributed by atoms with van der Waals surface area (Å²) >= 11 is 0. The smallest absolute Gasteiger partial charge is 0.266 e. The van der Waals surface area contributed by atoms with E-state index in [9.17, 15) is 9.59 Å². The molecule has 2 aliphatic rings. The lowest BCUT2D eigenvalue weighted by atomic mass is 9.91. The van der Waals surface area contributed by atoms with Crippen LogP contribution in [0.1, 0.15) is 44.3 Å². The Labute approximate surface area is 231 Å². The molecule has 0 aromatic heterocycles. The average Bonchev–Trinajstić information content (AvgIpc) is 3.57. The summed E-state index contributed by atoms with van der Waals surface area (Å²) in [6.07, 6.45) is 0.659. The minimum absolute atomic E-state index is 0.00116. The molecule has 2 aliphatic heterocycles. The van der Waals surface area contributed by atoms with Gasteiger partial charge in [-0.15, -0.1) is 0 Å². The third-order valence-corrected chi connectivity index (χ3v) is 7.65. The maximum absolute atomic E-state index is 13.8. The van der Waals surface area contributed by atoms with Crippen molar-refractivity contribution in [1.82, 2.24) is 0 Å². The molecule has 0 N–H and O–H groups in total. The summed E-state index contributed by atoms with van der Waals surface area (Å²) in [6, 6.07) is 37.0. The maximum Gasteiger partial charge on any atom is 0.266 e. The lowest BCUT2D eigenvalue weighted by Gasteiger charge is -2.23. The number of hydrogen-bond donors (Lipinski definition) is 0. The molecule has 0 aliphatic carbocycles. The van der Waals surface area contributed by atoms with Gasteiger partial charge in [-0.05, 0) is 58.8 Å². The van der Waals surface area contributed by atoms with Crippen molar-refractivity contribution in [3.8, 4) is 5.75 Å². The fourth-order valence-corrected chi connectivity index (χ4v) is 5.73. The topological polar surface area (TPSA) is 62.2 Å². The van der Waals surface area contributed by atoms with Gasteiger partial charge < -0.3 is 4.74 Å². The quantitative estimate of drug-likeness (QED) is 0.233. The minimum Gasteiger partial charge on any atom is -0.497 e. The summed E-state index contributed by atoms with van der Waals surface area (Å²) in [5, 5.41) is 8.84. The molecule has 1 unspecified atom stereocenters. The molecular weight excluding hydrogens is 498 g/mol. The summed E-state index contributed by atoms with van der Waals surface area (Å²) in [7, 11) is 1.58. The standard InChI is InChI=1S/C34H25N3O3/c1-40-25-18-16-23(17-19-25)36-33(38)29-20-28(26-14-8-9-15-27(26)32(29)34(36)39)30-21-31(22-10-4-2-5-11-22)37(35-30)24-12-6-3-7-13-24/h2-20,31H,21H2,1H3. The highest BCUT2D eigenvalue weighted by Crippen LogP contribution is 2.40. The fourth-order valence-electron chi connectivity index (χ4n) is 5.73. The van der Waals surface area contributed by atoms with Crippen molar-refractivity contribution in [2.45, 2.75) is 12.5 Å². The highest BCUT2D eigenvalue weighted by Gasteiger charge is 2.40. The molecule has 2 heterocycles. The second kappa shape index (κ2) is 9.50. The van der Waals surface area contributed by atoms with Crippen molar-refractivity contribution in [2.24, 2.45) is 5.10 Å². The number of benzene rings is 5. The maximum atomic E-state index is 13.8. The van der Waals surface area contributed by atoms with Crippen LogP contribution in [0.4, 0.5) is 11.4 Å². The van der Waals surface area contributed by atoms with Gasteiger partial charge in [-0.1, -0.05) is 72.8 Å². The molecule has 6 heteroatoms. The van der Waals surface area contributed by atoms with Gasteiger partial charge in [-0.25, -0.2) is 4.90 Å². The molecule has 0 spiro atoms. The van der Waals surface area contributed by atoms with Gasteiger partial charge in [0.05, 0.1) is 41.4 Å². The number of nitrogens with zero attached hydrogens (tertiary/aromatic N) is 3. The van der Waals surface area contributed by atoms with Crippen molar-refractivity contribution < 1.29 is 14.3 Å². The number of anilines is 2. The molecule has 1 atom stereocenters. The van der Waals surface area contributed by atoms with E-state index in [1.807, 2.05) is 66.7 Å². The first-order chi connectivity index (χ1) is 19.6. The number of carbonyl (C=O) groups excluding carboxylic acids is 2. The van der Waals surface area contributed by atoms with Crippen molar-refractivity contribution in [3.63, 3.8) is 0 Å². The number of hydrazone groups is 1. The van der Waals surface area contributed by atoms with Crippen LogP contribution in [0.15, 0.2) is 120 Å². The van der Waals surface area contributed by atoms with Gasteiger partial charge in [0.1, 0.15) is 5.75 Å². The van der Waals surface area contributed by atoms with Crippen molar-refractivity contribution in [2.75, 3.05) is 17.0 Å². The van der Waals surface area contributed by atoms with E-state index < -0.39 is 0 Å². The summed E-state index contributed by atoms with van der Waals surface area (Å²) < 4.78 is 5.25. The van der Waals surface area contributed by atoms with E-state index in [0.29, 0.717) is 29.0 Å². The van der Waals surface area contributed by atoms with E-state index in [-0.39, 0.29) is 17.9 Å². The zero-order valence-corrected chi connectivity index (χ0v) is 21.8. The predicted octanol–water partition coefficient (Wildman–Crippen LogP) is 7.00. The summed E-state index contributed by atoms with van der Waals surface area (Å²) in [6.45, 7) is 0. The van der Waals surface area contributed by atoms with Gasteiger partial charge in [0.15, 0.2) is 0 Å². The van der Waals surface area contributed by atoms with E-state index in [4.69, 9.17) is 9.84 Å². The Hall–Kier alpha value is -5.23. The third kappa shape index (κ3) is 3.76. The Morgan fingerprint density at radius 1 is 0.700 bits per heavy atom. The number of ether oxygens (including phenoxy) is 1. The van der Waals surface area contributed by atoms with Gasteiger partial charge in [0, 0.05) is 12.0 Å². The van der Waals surface area contributed by atoms with Crippen LogP contribution in [0.2, 0.25) is 0 Å². The van der Waals surface area contributed by atoms with E-state index in [1.165, 1.54) is 4.90 Å². The van der Waals surface area contributed by atoms with E-state index in [2.05, 4.69) is 29.3 Å². The molecule has 194 valence electrons. The van der Waals surface area contributed by atoms with E-state index in [1.54, 1.807) is 31.4 Å². The first-order valence-electron chi connectivity index (χ1n) is 13.2. The Morgan fingerprint density at radius 2 is 1.35 bits per heavy atom. The first kappa shape index (κ1) is 23.9.